The largest absolute Gasteiger partial charge is 0.487 e. The second-order valence-corrected chi connectivity index (χ2v) is 10.3. The predicted molar refractivity (Wildman–Crippen MR) is 129 cm³/mol. The molecule has 1 fully saturated rings. The van der Waals surface area contributed by atoms with E-state index in [0.717, 1.165) is 11.1 Å². The molecule has 1 aliphatic heterocycles. The van der Waals surface area contributed by atoms with Crippen molar-refractivity contribution in [2.75, 3.05) is 12.3 Å². The highest BCUT2D eigenvalue weighted by Crippen LogP contribution is 2.38. The zero-order valence-electron chi connectivity index (χ0n) is 20.4. The van der Waals surface area contributed by atoms with Gasteiger partial charge in [0.2, 0.25) is 0 Å². The van der Waals surface area contributed by atoms with Crippen LogP contribution in [0.1, 0.15) is 44.4 Å². The average Bonchev–Trinajstić information content (AvgIpc) is 3.30. The lowest BCUT2D eigenvalue weighted by atomic mass is 9.99. The van der Waals surface area contributed by atoms with Crippen LogP contribution in [-0.4, -0.2) is 66.2 Å². The summed E-state index contributed by atoms with van der Waals surface area (Å²) in [5.41, 5.74) is 7.32. The van der Waals surface area contributed by atoms with Gasteiger partial charge in [-0.2, -0.15) is 0 Å². The molecule has 0 bridgehead atoms. The van der Waals surface area contributed by atoms with Gasteiger partial charge < -0.3 is 34.9 Å². The molecule has 5 rings (SSSR count). The number of carbonyl (C=O) groups excluding carboxylic acids is 1. The molecule has 1 aliphatic carbocycles. The van der Waals surface area contributed by atoms with Crippen molar-refractivity contribution in [2.24, 2.45) is 0 Å². The minimum Gasteiger partial charge on any atom is -0.487 e. The summed E-state index contributed by atoms with van der Waals surface area (Å²) in [6.07, 6.45) is -0.340. The molecular formula is C25H30FN5O5. The van der Waals surface area contributed by atoms with Crippen LogP contribution in [0.5, 0.6) is 5.75 Å². The molecule has 0 spiro atoms. The van der Waals surface area contributed by atoms with Crippen molar-refractivity contribution in [1.82, 2.24) is 19.4 Å². The monoisotopic (exact) mass is 499 g/mol. The van der Waals surface area contributed by atoms with Gasteiger partial charge in [-0.3, -0.25) is 0 Å². The highest BCUT2D eigenvalue weighted by molar-refractivity contribution is 5.86. The number of amides is 1. The van der Waals surface area contributed by atoms with Crippen molar-refractivity contribution in [2.45, 2.75) is 70.1 Å². The molecule has 10 nitrogen and oxygen atoms in total. The highest BCUT2D eigenvalue weighted by atomic mass is 19.1. The molecule has 192 valence electrons. The third-order valence-electron chi connectivity index (χ3n) is 6.71. The van der Waals surface area contributed by atoms with Gasteiger partial charge in [0.1, 0.15) is 47.5 Å². The number of hydrogen-bond donors (Lipinski definition) is 3. The van der Waals surface area contributed by atoms with Gasteiger partial charge in [0.15, 0.2) is 5.82 Å². The molecule has 0 unspecified atom stereocenters. The minimum atomic E-state index is -1.23. The summed E-state index contributed by atoms with van der Waals surface area (Å²) < 4.78 is 27.8. The molecule has 1 amide bonds. The number of anilines is 1. The van der Waals surface area contributed by atoms with Gasteiger partial charge >= 0.3 is 6.09 Å². The van der Waals surface area contributed by atoms with Crippen molar-refractivity contribution < 1.29 is 28.9 Å². The fraction of sp³-hybridized carbons (Fsp3) is 0.480. The Labute approximate surface area is 207 Å². The lowest BCUT2D eigenvalue weighted by Gasteiger charge is -2.32. The molecule has 1 aromatic carbocycles. The van der Waals surface area contributed by atoms with Crippen LogP contribution in [0.2, 0.25) is 0 Å². The number of nitrogens with two attached hydrogens (primary N) is 1. The van der Waals surface area contributed by atoms with Crippen LogP contribution in [0, 0.1) is 5.82 Å². The van der Waals surface area contributed by atoms with Gasteiger partial charge in [-0.05, 0) is 38.8 Å². The Bertz CT molecular complexity index is 1310. The van der Waals surface area contributed by atoms with Gasteiger partial charge in [-0.1, -0.05) is 12.1 Å². The first-order valence-electron chi connectivity index (χ1n) is 11.9. The molecule has 2 aromatic heterocycles. The number of nitrogens with zero attached hydrogens (tertiary/aromatic N) is 4. The minimum absolute atomic E-state index is 0.00235. The van der Waals surface area contributed by atoms with Crippen molar-refractivity contribution >= 4 is 22.9 Å². The summed E-state index contributed by atoms with van der Waals surface area (Å²) in [5, 5.41) is 21.7. The standard InChI is InChI=1S/C25H30FN5O5/c1-25(2,3)36-24(34)30-8-7-13-5-4-6-17(14(13)10-30)35-18-9-16(20(32)21(18)33)31-11-15(26)19-22(27)28-12-29-23(19)31/h4-6,11-12,16,18,20-21,32-33H,7-10H2,1-3H3,(H2,27,28,29)/t16-,18+,20+,21-/m1/s1. The number of aromatic nitrogens is 3. The van der Waals surface area contributed by atoms with Crippen LogP contribution in [0.4, 0.5) is 15.0 Å². The van der Waals surface area contributed by atoms with Gasteiger partial charge in [0.05, 0.1) is 18.0 Å². The Hall–Kier alpha value is -3.44. The van der Waals surface area contributed by atoms with E-state index < -0.39 is 41.9 Å². The average molecular weight is 500 g/mol. The fourth-order valence-corrected chi connectivity index (χ4v) is 4.98. The molecule has 11 heteroatoms. The van der Waals surface area contributed by atoms with E-state index >= 15 is 0 Å². The van der Waals surface area contributed by atoms with Crippen molar-refractivity contribution in [3.63, 3.8) is 0 Å². The van der Waals surface area contributed by atoms with Crippen molar-refractivity contribution in [3.8, 4) is 5.75 Å². The van der Waals surface area contributed by atoms with E-state index in [4.69, 9.17) is 15.2 Å². The molecule has 4 atom stereocenters. The van der Waals surface area contributed by atoms with Crippen LogP contribution >= 0.6 is 0 Å². The lowest BCUT2D eigenvalue weighted by Crippen LogP contribution is -2.40. The van der Waals surface area contributed by atoms with Crippen LogP contribution in [0.3, 0.4) is 0 Å². The molecule has 2 aliphatic rings. The molecule has 4 N–H and O–H groups in total. The summed E-state index contributed by atoms with van der Waals surface area (Å²) >= 11 is 0. The molecule has 0 saturated heterocycles. The number of nitrogen functional groups attached to an aromatic ring is 1. The van der Waals surface area contributed by atoms with E-state index in [-0.39, 0.29) is 23.3 Å². The SMILES string of the molecule is CC(C)(C)OC(=O)N1CCc2cccc(O[C@H]3C[C@@H](n4cc(F)c5c(N)ncnc54)[C@H](O)[C@@H]3O)c2C1. The van der Waals surface area contributed by atoms with Gasteiger partial charge in [-0.15, -0.1) is 0 Å². The first-order valence-corrected chi connectivity index (χ1v) is 11.9. The normalized spacial score (nSPS) is 24.1. The smallest absolute Gasteiger partial charge is 0.410 e. The lowest BCUT2D eigenvalue weighted by molar-refractivity contribution is -0.0169. The highest BCUT2D eigenvalue weighted by Gasteiger charge is 2.45. The third-order valence-corrected chi connectivity index (χ3v) is 6.71. The Kier molecular flexibility index (Phi) is 6.00. The number of rotatable bonds is 3. The molecule has 0 radical (unpaired) electrons. The zero-order valence-corrected chi connectivity index (χ0v) is 20.4. The quantitative estimate of drug-likeness (QED) is 0.500. The molecule has 1 saturated carbocycles. The maximum Gasteiger partial charge on any atom is 0.410 e. The number of aliphatic hydroxyl groups is 2. The Morgan fingerprint density at radius 2 is 2.00 bits per heavy atom. The zero-order chi connectivity index (χ0) is 25.8. The molecule has 3 aromatic rings. The van der Waals surface area contributed by atoms with Crippen LogP contribution in [-0.2, 0) is 17.7 Å². The molecule has 36 heavy (non-hydrogen) atoms. The second-order valence-electron chi connectivity index (χ2n) is 10.3. The van der Waals surface area contributed by atoms with Crippen molar-refractivity contribution in [1.29, 1.82) is 0 Å². The fourth-order valence-electron chi connectivity index (χ4n) is 4.98. The van der Waals surface area contributed by atoms with Crippen LogP contribution in [0.25, 0.3) is 11.0 Å². The number of benzene rings is 1. The van der Waals surface area contributed by atoms with E-state index in [1.54, 1.807) is 11.0 Å². The molecular weight excluding hydrogens is 469 g/mol. The Morgan fingerprint density at radius 3 is 2.75 bits per heavy atom. The number of hydrogen-bond acceptors (Lipinski definition) is 8. The maximum atomic E-state index is 14.6. The van der Waals surface area contributed by atoms with Gasteiger partial charge in [0, 0.05) is 24.7 Å². The van der Waals surface area contributed by atoms with E-state index in [2.05, 4.69) is 9.97 Å². The number of carbonyl (C=O) groups is 1. The summed E-state index contributed by atoms with van der Waals surface area (Å²) in [6, 6.07) is 4.93. The maximum absolute atomic E-state index is 14.6. The number of aliphatic hydroxyl groups excluding tert-OH is 2. The topological polar surface area (TPSA) is 136 Å². The van der Waals surface area contributed by atoms with Gasteiger partial charge in [0.25, 0.3) is 0 Å². The van der Waals surface area contributed by atoms with Gasteiger partial charge in [-0.25, -0.2) is 19.2 Å². The first-order chi connectivity index (χ1) is 17.0. The Balaban J connectivity index is 1.38. The van der Waals surface area contributed by atoms with E-state index in [1.807, 2.05) is 32.9 Å². The second kappa shape index (κ2) is 8.90. The summed E-state index contributed by atoms with van der Waals surface area (Å²) in [7, 11) is 0. The number of fused-ring (bicyclic) bond motifs is 2. The summed E-state index contributed by atoms with van der Waals surface area (Å²) in [5.74, 6) is -0.0798. The third kappa shape index (κ3) is 4.33. The van der Waals surface area contributed by atoms with E-state index in [9.17, 15) is 19.4 Å². The predicted octanol–water partition coefficient (Wildman–Crippen LogP) is 2.56. The van der Waals surface area contributed by atoms with Crippen LogP contribution < -0.4 is 10.5 Å². The van der Waals surface area contributed by atoms with Crippen LogP contribution in [0.15, 0.2) is 30.7 Å². The summed E-state index contributed by atoms with van der Waals surface area (Å²) in [6.45, 7) is 6.29. The first kappa shape index (κ1) is 24.3. The summed E-state index contributed by atoms with van der Waals surface area (Å²) in [4.78, 5) is 22.2. The van der Waals surface area contributed by atoms with E-state index in [1.165, 1.54) is 17.1 Å². The van der Waals surface area contributed by atoms with E-state index in [0.29, 0.717) is 25.3 Å². The van der Waals surface area contributed by atoms with Crippen molar-refractivity contribution in [3.05, 3.63) is 47.7 Å². The Morgan fingerprint density at radius 1 is 1.22 bits per heavy atom. The number of halogens is 1. The number of ether oxygens (including phenoxy) is 2. The molecule has 3 heterocycles.